The maximum absolute atomic E-state index is 10.3. The number of unbranched alkanes of at least 4 members (excludes halogenated alkanes) is 2. The normalized spacial score (nSPS) is 12.9. The Balaban J connectivity index is 2.94. The quantitative estimate of drug-likeness (QED) is 0.694. The Morgan fingerprint density at radius 3 is 2.21 bits per heavy atom. The van der Waals surface area contributed by atoms with E-state index < -0.39 is 0 Å². The fraction of sp³-hybridized carbons (Fsp3) is 0.667. The molecular weight excluding hydrogens is 232 g/mol. The first kappa shape index (κ1) is 16.2. The van der Waals surface area contributed by atoms with Gasteiger partial charge in [0.05, 0.1) is 6.10 Å². The molecule has 0 aromatic heterocycles. The van der Waals surface area contributed by atoms with Gasteiger partial charge in [-0.2, -0.15) is 0 Å². The van der Waals surface area contributed by atoms with Crippen molar-refractivity contribution < 1.29 is 5.11 Å². The fourth-order valence-corrected chi connectivity index (χ4v) is 2.43. The van der Waals surface area contributed by atoms with Crippen LogP contribution in [0.4, 0.5) is 0 Å². The molecule has 0 aliphatic carbocycles. The predicted octanol–water partition coefficient (Wildman–Crippen LogP) is 5.06. The maximum atomic E-state index is 10.3. The molecule has 0 saturated carbocycles. The summed E-state index contributed by atoms with van der Waals surface area (Å²) in [5.41, 5.74) is 3.92. The lowest BCUT2D eigenvalue weighted by Crippen LogP contribution is -2.09. The zero-order chi connectivity index (χ0) is 14.3. The summed E-state index contributed by atoms with van der Waals surface area (Å²) in [6, 6.07) is 6.68. The van der Waals surface area contributed by atoms with Gasteiger partial charge in [-0.15, -0.1) is 0 Å². The van der Waals surface area contributed by atoms with E-state index in [1.807, 2.05) is 0 Å². The van der Waals surface area contributed by atoms with Crippen LogP contribution in [0, 0.1) is 5.92 Å². The second-order valence-electron chi connectivity index (χ2n) is 5.93. The van der Waals surface area contributed by atoms with Crippen molar-refractivity contribution in [3.05, 3.63) is 34.9 Å². The van der Waals surface area contributed by atoms with Crippen molar-refractivity contribution in [2.75, 3.05) is 0 Å². The summed E-state index contributed by atoms with van der Waals surface area (Å²) in [6.07, 6.45) is 6.82. The second-order valence-corrected chi connectivity index (χ2v) is 5.93. The van der Waals surface area contributed by atoms with E-state index in [0.29, 0.717) is 0 Å². The Morgan fingerprint density at radius 1 is 1.00 bits per heavy atom. The number of hydrogen-bond acceptors (Lipinski definition) is 1. The van der Waals surface area contributed by atoms with Gasteiger partial charge in [-0.05, 0) is 48.3 Å². The summed E-state index contributed by atoms with van der Waals surface area (Å²) < 4.78 is 0. The van der Waals surface area contributed by atoms with E-state index in [1.165, 1.54) is 36.8 Å². The van der Waals surface area contributed by atoms with Crippen molar-refractivity contribution in [1.29, 1.82) is 0 Å². The van der Waals surface area contributed by atoms with E-state index in [-0.39, 0.29) is 12.0 Å². The molecule has 0 aliphatic heterocycles. The number of aryl methyl sites for hydroxylation is 2. The molecule has 0 radical (unpaired) electrons. The van der Waals surface area contributed by atoms with Crippen molar-refractivity contribution >= 4 is 0 Å². The number of rotatable bonds is 8. The number of aliphatic hydroxyl groups is 1. The Morgan fingerprint density at radius 2 is 1.63 bits per heavy atom. The van der Waals surface area contributed by atoms with Crippen molar-refractivity contribution in [2.45, 2.75) is 72.3 Å². The van der Waals surface area contributed by atoms with Crippen molar-refractivity contribution in [3.63, 3.8) is 0 Å². The highest BCUT2D eigenvalue weighted by molar-refractivity contribution is 5.34. The van der Waals surface area contributed by atoms with Crippen LogP contribution in [-0.2, 0) is 12.8 Å². The van der Waals surface area contributed by atoms with Crippen LogP contribution >= 0.6 is 0 Å². The summed E-state index contributed by atoms with van der Waals surface area (Å²) in [5, 5.41) is 10.3. The van der Waals surface area contributed by atoms with Gasteiger partial charge in [-0.25, -0.2) is 0 Å². The largest absolute Gasteiger partial charge is 0.388 e. The van der Waals surface area contributed by atoms with Crippen molar-refractivity contribution in [3.8, 4) is 0 Å². The van der Waals surface area contributed by atoms with E-state index >= 15 is 0 Å². The van der Waals surface area contributed by atoms with Gasteiger partial charge in [0.2, 0.25) is 0 Å². The van der Waals surface area contributed by atoms with Crippen LogP contribution in [0.15, 0.2) is 18.2 Å². The molecule has 1 aromatic carbocycles. The van der Waals surface area contributed by atoms with Crippen LogP contribution in [0.3, 0.4) is 0 Å². The van der Waals surface area contributed by atoms with Gasteiger partial charge in [-0.1, -0.05) is 58.7 Å². The number of benzene rings is 1. The first-order valence-electron chi connectivity index (χ1n) is 7.89. The molecule has 1 unspecified atom stereocenters. The summed E-state index contributed by atoms with van der Waals surface area (Å²) in [4.78, 5) is 0. The third kappa shape index (κ3) is 4.99. The lowest BCUT2D eigenvalue weighted by molar-refractivity contribution is 0.126. The maximum Gasteiger partial charge on any atom is 0.0815 e. The molecule has 0 saturated heterocycles. The summed E-state index contributed by atoms with van der Waals surface area (Å²) in [7, 11) is 0. The first-order chi connectivity index (χ1) is 9.10. The second kappa shape index (κ2) is 8.37. The molecule has 0 aliphatic rings. The van der Waals surface area contributed by atoms with Crippen LogP contribution in [0.1, 0.15) is 76.2 Å². The molecule has 1 atom stereocenters. The predicted molar refractivity (Wildman–Crippen MR) is 83.5 cm³/mol. The van der Waals surface area contributed by atoms with Gasteiger partial charge in [0.25, 0.3) is 0 Å². The average molecular weight is 262 g/mol. The molecule has 0 spiro atoms. The minimum absolute atomic E-state index is 0.280. The topological polar surface area (TPSA) is 20.2 Å². The summed E-state index contributed by atoms with van der Waals surface area (Å²) in [6.45, 7) is 8.62. The Kier molecular flexibility index (Phi) is 7.15. The first-order valence-corrected chi connectivity index (χ1v) is 7.89. The van der Waals surface area contributed by atoms with Gasteiger partial charge >= 0.3 is 0 Å². The molecule has 0 heterocycles. The molecule has 0 fully saturated rings. The smallest absolute Gasteiger partial charge is 0.0815 e. The minimum atomic E-state index is -0.327. The molecule has 108 valence electrons. The number of hydrogen-bond donors (Lipinski definition) is 1. The SMILES string of the molecule is CCCCc1ccc(C(O)C(C)C)c(CCCC)c1. The van der Waals surface area contributed by atoms with Crippen molar-refractivity contribution in [1.82, 2.24) is 0 Å². The van der Waals surface area contributed by atoms with Gasteiger partial charge in [0.15, 0.2) is 0 Å². The van der Waals surface area contributed by atoms with Crippen LogP contribution in [0.5, 0.6) is 0 Å². The van der Waals surface area contributed by atoms with E-state index in [4.69, 9.17) is 0 Å². The molecule has 1 aromatic rings. The third-order valence-corrected chi connectivity index (χ3v) is 3.78. The highest BCUT2D eigenvalue weighted by atomic mass is 16.3. The van der Waals surface area contributed by atoms with Gasteiger partial charge in [0.1, 0.15) is 0 Å². The minimum Gasteiger partial charge on any atom is -0.388 e. The van der Waals surface area contributed by atoms with Crippen LogP contribution in [-0.4, -0.2) is 5.11 Å². The number of aliphatic hydroxyl groups excluding tert-OH is 1. The third-order valence-electron chi connectivity index (χ3n) is 3.78. The van der Waals surface area contributed by atoms with Gasteiger partial charge < -0.3 is 5.11 Å². The van der Waals surface area contributed by atoms with E-state index in [1.54, 1.807) is 0 Å². The lowest BCUT2D eigenvalue weighted by Gasteiger charge is -2.20. The van der Waals surface area contributed by atoms with E-state index in [2.05, 4.69) is 45.9 Å². The zero-order valence-electron chi connectivity index (χ0n) is 13.1. The standard InChI is InChI=1S/C18H30O/c1-5-7-9-15-11-12-17(18(19)14(3)4)16(13-15)10-8-6-2/h11-14,18-19H,5-10H2,1-4H3. The Hall–Kier alpha value is -0.820. The lowest BCUT2D eigenvalue weighted by atomic mass is 9.90. The summed E-state index contributed by atoms with van der Waals surface area (Å²) in [5.74, 6) is 0.280. The fourth-order valence-electron chi connectivity index (χ4n) is 2.43. The van der Waals surface area contributed by atoms with Gasteiger partial charge in [0, 0.05) is 0 Å². The monoisotopic (exact) mass is 262 g/mol. The Labute approximate surface area is 119 Å². The molecule has 1 heteroatoms. The van der Waals surface area contributed by atoms with Crippen LogP contribution in [0.2, 0.25) is 0 Å². The van der Waals surface area contributed by atoms with Crippen LogP contribution in [0.25, 0.3) is 0 Å². The van der Waals surface area contributed by atoms with Crippen LogP contribution < -0.4 is 0 Å². The summed E-state index contributed by atoms with van der Waals surface area (Å²) >= 11 is 0. The average Bonchev–Trinajstić information content (AvgIpc) is 2.42. The highest BCUT2D eigenvalue weighted by Crippen LogP contribution is 2.27. The zero-order valence-corrected chi connectivity index (χ0v) is 13.1. The molecule has 1 rings (SSSR count). The van der Waals surface area contributed by atoms with Crippen molar-refractivity contribution in [2.24, 2.45) is 5.92 Å². The van der Waals surface area contributed by atoms with E-state index in [9.17, 15) is 5.11 Å². The highest BCUT2D eigenvalue weighted by Gasteiger charge is 2.16. The van der Waals surface area contributed by atoms with E-state index in [0.717, 1.165) is 18.4 Å². The Bertz CT molecular complexity index is 368. The molecule has 1 N–H and O–H groups in total. The molecule has 0 bridgehead atoms. The molecular formula is C18H30O. The molecule has 0 amide bonds. The molecule has 1 nitrogen and oxygen atoms in total. The molecule has 19 heavy (non-hydrogen) atoms. The van der Waals surface area contributed by atoms with Gasteiger partial charge in [-0.3, -0.25) is 0 Å².